The Morgan fingerprint density at radius 2 is 2.20 bits per heavy atom. The van der Waals surface area contributed by atoms with E-state index in [4.69, 9.17) is 0 Å². The van der Waals surface area contributed by atoms with Gasteiger partial charge in [0.05, 0.1) is 7.11 Å². The van der Waals surface area contributed by atoms with Crippen molar-refractivity contribution in [2.75, 3.05) is 33.8 Å². The molecule has 1 saturated heterocycles. The average Bonchev–Trinajstić information content (AvgIpc) is 2.42. The number of rotatable bonds is 5. The van der Waals surface area contributed by atoms with Gasteiger partial charge in [-0.1, -0.05) is 6.92 Å². The van der Waals surface area contributed by atoms with Crippen molar-refractivity contribution in [2.24, 2.45) is 10.9 Å². The summed E-state index contributed by atoms with van der Waals surface area (Å²) in [6, 6.07) is 0. The normalized spacial score (nSPS) is 19.2. The summed E-state index contributed by atoms with van der Waals surface area (Å²) in [7, 11) is 3.26. The Labute approximate surface area is 139 Å². The van der Waals surface area contributed by atoms with Crippen molar-refractivity contribution >= 4 is 35.9 Å². The summed E-state index contributed by atoms with van der Waals surface area (Å²) in [6.45, 7) is 5.32. The van der Waals surface area contributed by atoms with Crippen LogP contribution in [0.15, 0.2) is 4.99 Å². The molecule has 0 aromatic rings. The van der Waals surface area contributed by atoms with Gasteiger partial charge in [0.2, 0.25) is 0 Å². The molecule has 1 atom stereocenters. The quantitative estimate of drug-likeness (QED) is 0.254. The minimum atomic E-state index is -0.130. The highest BCUT2D eigenvalue weighted by Crippen LogP contribution is 2.15. The van der Waals surface area contributed by atoms with E-state index in [1.807, 2.05) is 7.05 Å². The lowest BCUT2D eigenvalue weighted by molar-refractivity contribution is -0.140. The smallest absolute Gasteiger partial charge is 0.305 e. The lowest BCUT2D eigenvalue weighted by atomic mass is 10.0. The van der Waals surface area contributed by atoms with Crippen molar-refractivity contribution in [3.05, 3.63) is 0 Å². The van der Waals surface area contributed by atoms with Gasteiger partial charge < -0.3 is 15.0 Å². The van der Waals surface area contributed by atoms with E-state index in [1.54, 1.807) is 0 Å². The molecule has 0 aromatic heterocycles. The van der Waals surface area contributed by atoms with Gasteiger partial charge in [-0.05, 0) is 31.6 Å². The molecule has 0 amide bonds. The van der Waals surface area contributed by atoms with E-state index < -0.39 is 0 Å². The van der Waals surface area contributed by atoms with Crippen LogP contribution in [0.5, 0.6) is 0 Å². The summed E-state index contributed by atoms with van der Waals surface area (Å²) in [4.78, 5) is 17.6. The van der Waals surface area contributed by atoms with Crippen LogP contribution in [-0.2, 0) is 9.53 Å². The Morgan fingerprint density at radius 3 is 2.80 bits per heavy atom. The van der Waals surface area contributed by atoms with Gasteiger partial charge in [0.1, 0.15) is 0 Å². The summed E-state index contributed by atoms with van der Waals surface area (Å²) in [5, 5.41) is 3.38. The van der Waals surface area contributed by atoms with Gasteiger partial charge in [-0.15, -0.1) is 24.0 Å². The molecular formula is C14H28IN3O2. The first-order valence-electron chi connectivity index (χ1n) is 7.19. The molecule has 0 aliphatic carbocycles. The summed E-state index contributed by atoms with van der Waals surface area (Å²) < 4.78 is 4.61. The Morgan fingerprint density at radius 1 is 1.45 bits per heavy atom. The van der Waals surface area contributed by atoms with Crippen molar-refractivity contribution in [3.63, 3.8) is 0 Å². The number of guanidine groups is 1. The number of hydrogen-bond donors (Lipinski definition) is 1. The van der Waals surface area contributed by atoms with Gasteiger partial charge in [-0.3, -0.25) is 9.79 Å². The third-order valence-electron chi connectivity index (χ3n) is 3.49. The van der Waals surface area contributed by atoms with Crippen molar-refractivity contribution in [3.8, 4) is 0 Å². The van der Waals surface area contributed by atoms with Crippen LogP contribution < -0.4 is 5.32 Å². The molecule has 0 spiro atoms. The molecule has 20 heavy (non-hydrogen) atoms. The largest absolute Gasteiger partial charge is 0.469 e. The molecule has 1 unspecified atom stereocenters. The second-order valence-corrected chi connectivity index (χ2v) is 5.20. The fourth-order valence-corrected chi connectivity index (χ4v) is 2.41. The van der Waals surface area contributed by atoms with Crippen molar-refractivity contribution in [2.45, 2.75) is 39.0 Å². The minimum absolute atomic E-state index is 0. The SMILES string of the molecule is CN=C(NCCCCC(=O)OC)N1CCCC(C)C1.I. The number of nitrogens with zero attached hydrogens (tertiary/aromatic N) is 2. The van der Waals surface area contributed by atoms with Crippen LogP contribution in [0.25, 0.3) is 0 Å². The summed E-state index contributed by atoms with van der Waals surface area (Å²) >= 11 is 0. The third-order valence-corrected chi connectivity index (χ3v) is 3.49. The maximum atomic E-state index is 11.0. The van der Waals surface area contributed by atoms with E-state index in [9.17, 15) is 4.79 Å². The molecule has 5 nitrogen and oxygen atoms in total. The van der Waals surface area contributed by atoms with E-state index in [2.05, 4.69) is 26.9 Å². The number of methoxy groups -OCH3 is 1. The molecule has 1 aliphatic rings. The number of piperidine rings is 1. The highest BCUT2D eigenvalue weighted by Gasteiger charge is 2.18. The maximum Gasteiger partial charge on any atom is 0.305 e. The van der Waals surface area contributed by atoms with Gasteiger partial charge in [-0.2, -0.15) is 0 Å². The molecule has 118 valence electrons. The Hall–Kier alpha value is -0.530. The second-order valence-electron chi connectivity index (χ2n) is 5.20. The second kappa shape index (κ2) is 11.2. The van der Waals surface area contributed by atoms with Crippen molar-refractivity contribution < 1.29 is 9.53 Å². The fraction of sp³-hybridized carbons (Fsp3) is 0.857. The maximum absolute atomic E-state index is 11.0. The van der Waals surface area contributed by atoms with Gasteiger partial charge in [0.25, 0.3) is 0 Å². The zero-order valence-electron chi connectivity index (χ0n) is 12.9. The van der Waals surface area contributed by atoms with Crippen LogP contribution >= 0.6 is 24.0 Å². The van der Waals surface area contributed by atoms with E-state index in [0.717, 1.165) is 44.4 Å². The zero-order valence-corrected chi connectivity index (χ0v) is 15.2. The van der Waals surface area contributed by atoms with E-state index in [1.165, 1.54) is 20.0 Å². The number of nitrogens with one attached hydrogen (secondary N) is 1. The van der Waals surface area contributed by atoms with Gasteiger partial charge >= 0.3 is 5.97 Å². The monoisotopic (exact) mass is 397 g/mol. The predicted molar refractivity (Wildman–Crippen MR) is 92.6 cm³/mol. The lowest BCUT2D eigenvalue weighted by Gasteiger charge is -2.33. The molecule has 1 fully saturated rings. The third kappa shape index (κ3) is 7.31. The number of carbonyl (C=O) groups excluding carboxylic acids is 1. The van der Waals surface area contributed by atoms with Crippen molar-refractivity contribution in [1.82, 2.24) is 10.2 Å². The molecule has 1 heterocycles. The number of aliphatic imine (C=N–C) groups is 1. The standard InChI is InChI=1S/C14H27N3O2.HI/c1-12-7-6-10-17(11-12)14(15-2)16-9-5-4-8-13(18)19-3;/h12H,4-11H2,1-3H3,(H,15,16);1H. The van der Waals surface area contributed by atoms with Crippen LogP contribution in [0.3, 0.4) is 0 Å². The zero-order chi connectivity index (χ0) is 14.1. The summed E-state index contributed by atoms with van der Waals surface area (Å²) in [6.07, 6.45) is 4.86. The average molecular weight is 397 g/mol. The molecular weight excluding hydrogens is 369 g/mol. The van der Waals surface area contributed by atoms with Gasteiger partial charge in [-0.25, -0.2) is 0 Å². The van der Waals surface area contributed by atoms with Crippen LogP contribution in [0, 0.1) is 5.92 Å². The van der Waals surface area contributed by atoms with Crippen LogP contribution in [-0.4, -0.2) is 50.6 Å². The molecule has 1 rings (SSSR count). The molecule has 0 radical (unpaired) electrons. The molecule has 6 heteroatoms. The Kier molecular flexibility index (Phi) is 10.9. The molecule has 0 saturated carbocycles. The Balaban J connectivity index is 0.00000361. The number of carbonyl (C=O) groups is 1. The first-order chi connectivity index (χ1) is 9.17. The van der Waals surface area contributed by atoms with E-state index >= 15 is 0 Å². The molecule has 0 aromatic carbocycles. The predicted octanol–water partition coefficient (Wildman–Crippen LogP) is 2.26. The summed E-state index contributed by atoms with van der Waals surface area (Å²) in [5.41, 5.74) is 0. The highest BCUT2D eigenvalue weighted by atomic mass is 127. The lowest BCUT2D eigenvalue weighted by Crippen LogP contribution is -2.46. The van der Waals surface area contributed by atoms with E-state index in [0.29, 0.717) is 6.42 Å². The van der Waals surface area contributed by atoms with Crippen LogP contribution in [0.4, 0.5) is 0 Å². The number of esters is 1. The van der Waals surface area contributed by atoms with Crippen LogP contribution in [0.2, 0.25) is 0 Å². The number of hydrogen-bond acceptors (Lipinski definition) is 3. The number of unbranched alkanes of at least 4 members (excludes halogenated alkanes) is 1. The summed E-state index contributed by atoms with van der Waals surface area (Å²) in [5.74, 6) is 1.60. The van der Waals surface area contributed by atoms with Crippen LogP contribution in [0.1, 0.15) is 39.0 Å². The number of ether oxygens (including phenoxy) is 1. The van der Waals surface area contributed by atoms with Crippen molar-refractivity contribution in [1.29, 1.82) is 0 Å². The fourth-order valence-electron chi connectivity index (χ4n) is 2.41. The van der Waals surface area contributed by atoms with Gasteiger partial charge in [0.15, 0.2) is 5.96 Å². The van der Waals surface area contributed by atoms with E-state index in [-0.39, 0.29) is 29.9 Å². The minimum Gasteiger partial charge on any atom is -0.469 e. The highest BCUT2D eigenvalue weighted by molar-refractivity contribution is 14.0. The Bertz CT molecular complexity index is 311. The molecule has 1 N–H and O–H groups in total. The molecule has 0 bridgehead atoms. The topological polar surface area (TPSA) is 53.9 Å². The first kappa shape index (κ1) is 19.5. The van der Waals surface area contributed by atoms with Gasteiger partial charge in [0, 0.05) is 33.1 Å². The first-order valence-corrected chi connectivity index (χ1v) is 7.19. The number of likely N-dealkylation sites (tertiary alicyclic amines) is 1. The molecule has 1 aliphatic heterocycles. The number of halogens is 1.